The number of aliphatic hydroxyl groups is 2. The number of para-hydroxylation sites is 1. The lowest BCUT2D eigenvalue weighted by molar-refractivity contribution is -0.778. The van der Waals surface area contributed by atoms with Gasteiger partial charge in [0.1, 0.15) is 24.9 Å². The van der Waals surface area contributed by atoms with Crippen LogP contribution in [0.2, 0.25) is 0 Å². The first-order valence-corrected chi connectivity index (χ1v) is 8.33. The summed E-state index contributed by atoms with van der Waals surface area (Å²) >= 11 is 0. The van der Waals surface area contributed by atoms with Crippen LogP contribution >= 0.6 is 0 Å². The number of rotatable bonds is 4. The molecule has 156 valence electrons. The summed E-state index contributed by atoms with van der Waals surface area (Å²) in [5.74, 6) is 0. The second-order valence-corrected chi connectivity index (χ2v) is 6.80. The number of benzene rings is 1. The first-order valence-electron chi connectivity index (χ1n) is 8.33. The molecule has 2 aromatic rings. The molecule has 1 aromatic carbocycles. The fourth-order valence-electron chi connectivity index (χ4n) is 3.22. The van der Waals surface area contributed by atoms with Crippen molar-refractivity contribution in [3.05, 3.63) is 53.0 Å². The third kappa shape index (κ3) is 3.98. The number of hydrogen-bond donors (Lipinski definition) is 2. The molecule has 0 bridgehead atoms. The average molecular weight is 420 g/mol. The summed E-state index contributed by atoms with van der Waals surface area (Å²) in [5, 5.41) is 19.8. The van der Waals surface area contributed by atoms with Crippen molar-refractivity contribution in [2.75, 3.05) is 20.2 Å². The van der Waals surface area contributed by atoms with Gasteiger partial charge in [0.2, 0.25) is 0 Å². The van der Waals surface area contributed by atoms with Crippen molar-refractivity contribution in [2.24, 2.45) is 4.99 Å². The molecule has 3 rings (SSSR count). The van der Waals surface area contributed by atoms with Crippen molar-refractivity contribution in [1.29, 1.82) is 0 Å². The first kappa shape index (κ1) is 21.2. The predicted molar refractivity (Wildman–Crippen MR) is 91.4 cm³/mol. The highest BCUT2D eigenvalue weighted by molar-refractivity contribution is 5.86. The molecule has 5 nitrogen and oxygen atoms in total. The Labute approximate surface area is 160 Å². The summed E-state index contributed by atoms with van der Waals surface area (Å²) in [6.07, 6.45) is -8.81. The maximum Gasteiger partial charge on any atom is 0.433 e. The van der Waals surface area contributed by atoms with Gasteiger partial charge in [-0.2, -0.15) is 26.3 Å². The van der Waals surface area contributed by atoms with Crippen LogP contribution in [0.3, 0.4) is 0 Å². The Kier molecular flexibility index (Phi) is 5.18. The molecule has 29 heavy (non-hydrogen) atoms. The van der Waals surface area contributed by atoms with E-state index in [9.17, 15) is 36.6 Å². The summed E-state index contributed by atoms with van der Waals surface area (Å²) in [7, 11) is 1.55. The van der Waals surface area contributed by atoms with Crippen molar-refractivity contribution in [3.63, 3.8) is 0 Å². The van der Waals surface area contributed by atoms with Crippen LogP contribution in [0.15, 0.2) is 41.2 Å². The van der Waals surface area contributed by atoms with Gasteiger partial charge in [0, 0.05) is 5.39 Å². The van der Waals surface area contributed by atoms with E-state index in [1.807, 2.05) is 0 Å². The summed E-state index contributed by atoms with van der Waals surface area (Å²) in [5.41, 5.74) is -3.72. The summed E-state index contributed by atoms with van der Waals surface area (Å²) in [4.78, 5) is 7.07. The molecule has 2 heterocycles. The Morgan fingerprint density at radius 2 is 1.79 bits per heavy atom. The minimum Gasteiger partial charge on any atom is -0.386 e. The second kappa shape index (κ2) is 7.08. The molecule has 0 saturated heterocycles. The lowest BCUT2D eigenvalue weighted by Crippen LogP contribution is -2.44. The Morgan fingerprint density at radius 3 is 2.38 bits per heavy atom. The van der Waals surface area contributed by atoms with Gasteiger partial charge < -0.3 is 10.2 Å². The van der Waals surface area contributed by atoms with E-state index in [1.54, 1.807) is 7.05 Å². The Balaban J connectivity index is 2.18. The number of fused-ring (bicyclic) bond motifs is 1. The smallest absolute Gasteiger partial charge is 0.386 e. The topological polar surface area (TPSA) is 65.7 Å². The number of aliphatic imine (C=N–C) groups is 1. The van der Waals surface area contributed by atoms with Crippen LogP contribution in [0, 0.1) is 0 Å². The lowest BCUT2D eigenvalue weighted by atomic mass is 9.98. The minimum absolute atomic E-state index is 0.207. The van der Waals surface area contributed by atoms with Gasteiger partial charge in [-0.05, 0) is 17.7 Å². The fourth-order valence-corrected chi connectivity index (χ4v) is 3.22. The lowest BCUT2D eigenvalue weighted by Gasteiger charge is -2.30. The number of hydrogen-bond acceptors (Lipinski definition) is 4. The monoisotopic (exact) mass is 420 g/mol. The van der Waals surface area contributed by atoms with E-state index in [2.05, 4.69) is 9.98 Å². The highest BCUT2D eigenvalue weighted by Crippen LogP contribution is 2.39. The number of aliphatic hydroxyl groups excluding tert-OH is 2. The van der Waals surface area contributed by atoms with Gasteiger partial charge in [-0.25, -0.2) is 14.5 Å². The zero-order chi connectivity index (χ0) is 21.6. The van der Waals surface area contributed by atoms with Gasteiger partial charge >= 0.3 is 12.4 Å². The highest BCUT2D eigenvalue weighted by Gasteiger charge is 2.39. The van der Waals surface area contributed by atoms with Crippen molar-refractivity contribution in [2.45, 2.75) is 18.5 Å². The largest absolute Gasteiger partial charge is 0.433 e. The van der Waals surface area contributed by atoms with E-state index in [0.717, 1.165) is 6.07 Å². The SMILES string of the molecule is C[N+]1(CC(O)c2cc(C(F)(F)F)nc3c(C(F)(F)F)cccc23)C=NC=C1CO. The van der Waals surface area contributed by atoms with Crippen LogP contribution in [-0.2, 0) is 12.4 Å². The van der Waals surface area contributed by atoms with Gasteiger partial charge in [0.15, 0.2) is 12.0 Å². The standard InChI is InChI=1S/C18H16F6N3O2/c1-27(9-25-6-10(27)8-28)7-14(29)12-5-15(18(22,23)24)26-16-11(12)3-2-4-13(16)17(19,20)21/h2-6,9,14,28-29H,7-8H2,1H3/q+1. The molecule has 0 fully saturated rings. The molecule has 11 heteroatoms. The molecule has 1 aliphatic rings. The van der Waals surface area contributed by atoms with Crippen molar-refractivity contribution < 1.29 is 41.0 Å². The third-order valence-corrected chi connectivity index (χ3v) is 4.74. The number of quaternary nitrogens is 1. The molecule has 0 amide bonds. The summed E-state index contributed by atoms with van der Waals surface area (Å²) < 4.78 is 79.6. The van der Waals surface area contributed by atoms with Crippen molar-refractivity contribution in [1.82, 2.24) is 4.98 Å². The number of pyridine rings is 1. The Bertz CT molecular complexity index is 999. The number of alkyl halides is 6. The minimum atomic E-state index is -5.01. The van der Waals surface area contributed by atoms with Crippen LogP contribution in [0.4, 0.5) is 26.3 Å². The fraction of sp³-hybridized carbons (Fsp3) is 0.333. The van der Waals surface area contributed by atoms with Crippen LogP contribution in [0.5, 0.6) is 0 Å². The van der Waals surface area contributed by atoms with Crippen molar-refractivity contribution >= 4 is 17.2 Å². The second-order valence-electron chi connectivity index (χ2n) is 6.80. The van der Waals surface area contributed by atoms with Gasteiger partial charge in [-0.1, -0.05) is 12.1 Å². The Hall–Kier alpha value is -2.50. The predicted octanol–water partition coefficient (Wildman–Crippen LogP) is 3.63. The molecule has 2 N–H and O–H groups in total. The molecule has 2 atom stereocenters. The van der Waals surface area contributed by atoms with Crippen molar-refractivity contribution in [3.8, 4) is 0 Å². The maximum atomic E-state index is 13.3. The molecule has 0 spiro atoms. The zero-order valence-electron chi connectivity index (χ0n) is 15.0. The number of halogens is 6. The number of likely N-dealkylation sites (N-methyl/N-ethyl adjacent to an activating group) is 1. The highest BCUT2D eigenvalue weighted by atomic mass is 19.4. The molecule has 1 aromatic heterocycles. The van der Waals surface area contributed by atoms with E-state index in [-0.39, 0.29) is 22.0 Å². The molecule has 0 radical (unpaired) electrons. The summed E-state index contributed by atoms with van der Waals surface area (Å²) in [6, 6.07) is 3.41. The molecule has 0 saturated carbocycles. The number of aromatic nitrogens is 1. The quantitative estimate of drug-likeness (QED) is 0.587. The molecule has 1 aliphatic heterocycles. The van der Waals surface area contributed by atoms with E-state index in [4.69, 9.17) is 0 Å². The van der Waals surface area contributed by atoms with Crippen LogP contribution < -0.4 is 0 Å². The van der Waals surface area contributed by atoms with E-state index >= 15 is 0 Å². The zero-order valence-corrected chi connectivity index (χ0v) is 15.0. The van der Waals surface area contributed by atoms with Gasteiger partial charge in [-0.3, -0.25) is 0 Å². The normalized spacial score (nSPS) is 20.9. The van der Waals surface area contributed by atoms with E-state index < -0.39 is 41.8 Å². The molecular weight excluding hydrogens is 404 g/mol. The Morgan fingerprint density at radius 1 is 1.10 bits per heavy atom. The van der Waals surface area contributed by atoms with Gasteiger partial charge in [0.25, 0.3) is 0 Å². The number of nitrogens with zero attached hydrogens (tertiary/aromatic N) is 3. The maximum absolute atomic E-state index is 13.3. The molecule has 0 aliphatic carbocycles. The third-order valence-electron chi connectivity index (χ3n) is 4.74. The molecular formula is C18H16F6N3O2+. The van der Waals surface area contributed by atoms with Crippen LogP contribution in [0.1, 0.15) is 22.9 Å². The van der Waals surface area contributed by atoms with E-state index in [1.165, 1.54) is 18.6 Å². The first-order chi connectivity index (χ1) is 13.4. The summed E-state index contributed by atoms with van der Waals surface area (Å²) in [6.45, 7) is -0.658. The van der Waals surface area contributed by atoms with Gasteiger partial charge in [-0.15, -0.1) is 0 Å². The molecule has 2 unspecified atom stereocenters. The van der Waals surface area contributed by atoms with Crippen LogP contribution in [-0.4, -0.2) is 46.2 Å². The average Bonchev–Trinajstić information content (AvgIpc) is 2.98. The van der Waals surface area contributed by atoms with Crippen LogP contribution in [0.25, 0.3) is 10.9 Å². The van der Waals surface area contributed by atoms with E-state index in [0.29, 0.717) is 17.8 Å². The van der Waals surface area contributed by atoms with Gasteiger partial charge in [0.05, 0.1) is 24.3 Å².